The van der Waals surface area contributed by atoms with Gasteiger partial charge in [0.05, 0.1) is 0 Å². The number of rotatable bonds is 70. The summed E-state index contributed by atoms with van der Waals surface area (Å²) in [6, 6.07) is 0. The molecule has 0 aromatic rings. The van der Waals surface area contributed by atoms with Crippen LogP contribution in [0.25, 0.3) is 0 Å². The first kappa shape index (κ1) is 81.5. The second kappa shape index (κ2) is 69.2. The highest BCUT2D eigenvalue weighted by Crippen LogP contribution is 2.41. The van der Waals surface area contributed by atoms with Gasteiger partial charge in [0.2, 0.25) is 0 Å². The summed E-state index contributed by atoms with van der Waals surface area (Å²) in [5.41, 5.74) is 0.557. The SMILES string of the molecule is C=C(CCCCCCCCCCCCCCC)CC(CC(=O)CCCCCCCCCCCCCCCCC)(CC(=O)CCCCCCCCCCCCCCCCC)CC(=O)CCCCCCCCCCCCCCCCC.C=O. The van der Waals surface area contributed by atoms with Crippen molar-refractivity contribution >= 4 is 24.1 Å². The van der Waals surface area contributed by atoms with Crippen molar-refractivity contribution in [3.63, 3.8) is 0 Å². The zero-order valence-electron chi connectivity index (χ0n) is 56.2. The Morgan fingerprint density at radius 1 is 0.210 bits per heavy atom. The molecule has 81 heavy (non-hydrogen) atoms. The smallest absolute Gasteiger partial charge is 0.133 e. The van der Waals surface area contributed by atoms with Gasteiger partial charge in [-0.05, 0) is 43.9 Å². The van der Waals surface area contributed by atoms with E-state index in [0.29, 0.717) is 44.9 Å². The van der Waals surface area contributed by atoms with Crippen molar-refractivity contribution in [1.82, 2.24) is 0 Å². The Labute approximate surface area is 509 Å². The minimum atomic E-state index is -0.612. The molecule has 0 unspecified atom stereocenters. The molecule has 0 fully saturated rings. The highest BCUT2D eigenvalue weighted by molar-refractivity contribution is 5.86. The van der Waals surface area contributed by atoms with Gasteiger partial charge >= 0.3 is 0 Å². The van der Waals surface area contributed by atoms with Gasteiger partial charge in [0.25, 0.3) is 0 Å². The first-order chi connectivity index (χ1) is 39.8. The van der Waals surface area contributed by atoms with Crippen LogP contribution in [0, 0.1) is 5.41 Å². The molecule has 0 bridgehead atoms. The molecule has 0 aromatic heterocycles. The van der Waals surface area contributed by atoms with E-state index in [2.05, 4.69) is 34.3 Å². The van der Waals surface area contributed by atoms with Gasteiger partial charge in [-0.25, -0.2) is 0 Å². The predicted molar refractivity (Wildman–Crippen MR) is 361 cm³/mol. The molecule has 0 aliphatic rings. The fourth-order valence-corrected chi connectivity index (χ4v) is 13.0. The summed E-state index contributed by atoms with van der Waals surface area (Å²) >= 11 is 0. The minimum Gasteiger partial charge on any atom is -0.307 e. The zero-order chi connectivity index (χ0) is 59.5. The summed E-state index contributed by atoms with van der Waals surface area (Å²) in [6.45, 7) is 15.8. The maximum atomic E-state index is 14.2. The van der Waals surface area contributed by atoms with Crippen molar-refractivity contribution in [2.75, 3.05) is 0 Å². The molecular formula is C77H148O4. The Morgan fingerprint density at radius 2 is 0.346 bits per heavy atom. The average molecular weight is 1140 g/mol. The van der Waals surface area contributed by atoms with Gasteiger partial charge in [-0.2, -0.15) is 0 Å². The van der Waals surface area contributed by atoms with Gasteiger partial charge in [-0.3, -0.25) is 14.4 Å². The molecule has 0 amide bonds. The van der Waals surface area contributed by atoms with Crippen molar-refractivity contribution in [3.05, 3.63) is 12.2 Å². The van der Waals surface area contributed by atoms with E-state index in [1.165, 1.54) is 333 Å². The van der Waals surface area contributed by atoms with E-state index in [9.17, 15) is 14.4 Å². The van der Waals surface area contributed by atoms with Gasteiger partial charge in [0.1, 0.15) is 24.1 Å². The molecule has 0 rings (SSSR count). The van der Waals surface area contributed by atoms with Crippen LogP contribution in [-0.4, -0.2) is 24.1 Å². The summed E-state index contributed by atoms with van der Waals surface area (Å²) in [4.78, 5) is 50.6. The van der Waals surface area contributed by atoms with E-state index in [1.54, 1.807) is 0 Å². The molecule has 0 aliphatic heterocycles. The number of hydrogen-bond acceptors (Lipinski definition) is 4. The Morgan fingerprint density at radius 3 is 0.506 bits per heavy atom. The van der Waals surface area contributed by atoms with Crippen molar-refractivity contribution in [2.45, 2.75) is 451 Å². The van der Waals surface area contributed by atoms with Crippen molar-refractivity contribution in [3.8, 4) is 0 Å². The molecule has 0 aliphatic carbocycles. The molecule has 0 spiro atoms. The first-order valence-corrected chi connectivity index (χ1v) is 37.3. The zero-order valence-corrected chi connectivity index (χ0v) is 56.2. The Balaban J connectivity index is 0. The quantitative estimate of drug-likeness (QED) is 0.0450. The van der Waals surface area contributed by atoms with Crippen LogP contribution in [0.5, 0.6) is 0 Å². The van der Waals surface area contributed by atoms with E-state index >= 15 is 0 Å². The molecule has 0 saturated heterocycles. The predicted octanol–water partition coefficient (Wildman–Crippen LogP) is 26.9. The first-order valence-electron chi connectivity index (χ1n) is 37.3. The molecule has 4 heteroatoms. The largest absolute Gasteiger partial charge is 0.307 e. The molecule has 0 radical (unpaired) electrons. The molecular weight excluding hydrogens is 989 g/mol. The van der Waals surface area contributed by atoms with Crippen LogP contribution in [0.15, 0.2) is 12.2 Å². The summed E-state index contributed by atoms with van der Waals surface area (Å²) < 4.78 is 0. The lowest BCUT2D eigenvalue weighted by molar-refractivity contribution is -0.128. The normalized spacial score (nSPS) is 11.6. The van der Waals surface area contributed by atoms with Crippen LogP contribution in [0.1, 0.15) is 451 Å². The topological polar surface area (TPSA) is 68.3 Å². The number of carbonyl (C=O) groups excluding carboxylic acids is 4. The van der Waals surface area contributed by atoms with Gasteiger partial charge < -0.3 is 4.79 Å². The van der Waals surface area contributed by atoms with Crippen LogP contribution >= 0.6 is 0 Å². The van der Waals surface area contributed by atoms with Crippen LogP contribution in [0.4, 0.5) is 0 Å². The second-order valence-electron chi connectivity index (χ2n) is 26.7. The third-order valence-electron chi connectivity index (χ3n) is 18.2. The monoisotopic (exact) mass is 1140 g/mol. The number of ketones is 3. The molecule has 480 valence electrons. The summed E-state index contributed by atoms with van der Waals surface area (Å²) in [5, 5.41) is 0. The summed E-state index contributed by atoms with van der Waals surface area (Å²) in [7, 11) is 0. The van der Waals surface area contributed by atoms with E-state index in [4.69, 9.17) is 4.79 Å². The van der Waals surface area contributed by atoms with E-state index in [-0.39, 0.29) is 17.3 Å². The van der Waals surface area contributed by atoms with Crippen LogP contribution in [-0.2, 0) is 19.2 Å². The van der Waals surface area contributed by atoms with Gasteiger partial charge in [0.15, 0.2) is 0 Å². The summed E-state index contributed by atoms with van der Waals surface area (Å²) in [6.07, 6.45) is 81.1. The minimum absolute atomic E-state index is 0.281. The standard InChI is InChI=1S/C76H146O3.CH2O/c1-6-10-14-18-22-26-30-34-37-41-45-49-53-57-61-65-73(77)69-76(68-72(5)64-60-56-52-48-44-40-33-29-25-21-17-13-9-4,70-74(78)66-62-58-54-50-46-42-38-35-31-27-23-19-15-11-7-2)71-75(79)67-63-59-55-51-47-43-39-36-32-28-24-20-16-12-8-3;1-2/h5-71H2,1-4H3;1H2. The lowest BCUT2D eigenvalue weighted by atomic mass is 9.69. The Kier molecular flexibility index (Phi) is 69.6. The van der Waals surface area contributed by atoms with Crippen LogP contribution in [0.3, 0.4) is 0 Å². The van der Waals surface area contributed by atoms with E-state index in [1.807, 2.05) is 6.79 Å². The number of unbranched alkanes of at least 4 members (excludes halogenated alkanes) is 54. The highest BCUT2D eigenvalue weighted by atomic mass is 16.1. The number of allylic oxidation sites excluding steroid dienone is 1. The average Bonchev–Trinajstić information content (AvgIpc) is 3.46. The van der Waals surface area contributed by atoms with Crippen molar-refractivity contribution < 1.29 is 19.2 Å². The molecule has 0 N–H and O–H groups in total. The molecule has 4 nitrogen and oxygen atoms in total. The third kappa shape index (κ3) is 64.3. The second-order valence-corrected chi connectivity index (χ2v) is 26.7. The summed E-state index contributed by atoms with van der Waals surface area (Å²) in [5.74, 6) is 0.842. The van der Waals surface area contributed by atoms with Crippen LogP contribution < -0.4 is 0 Å². The Hall–Kier alpha value is -1.58. The maximum Gasteiger partial charge on any atom is 0.133 e. The van der Waals surface area contributed by atoms with E-state index in [0.717, 1.165) is 51.4 Å². The van der Waals surface area contributed by atoms with Crippen molar-refractivity contribution in [1.29, 1.82) is 0 Å². The fraction of sp³-hybridized carbons (Fsp3) is 0.922. The number of carbonyl (C=O) groups is 4. The number of hydrogen-bond donors (Lipinski definition) is 0. The van der Waals surface area contributed by atoms with Crippen LogP contribution in [0.2, 0.25) is 0 Å². The van der Waals surface area contributed by atoms with E-state index < -0.39 is 5.41 Å². The lowest BCUT2D eigenvalue weighted by Gasteiger charge is -2.34. The fourth-order valence-electron chi connectivity index (χ4n) is 13.0. The molecule has 0 heterocycles. The maximum absolute atomic E-state index is 14.2. The lowest BCUT2D eigenvalue weighted by Crippen LogP contribution is -2.31. The molecule has 0 aromatic carbocycles. The van der Waals surface area contributed by atoms with Crippen molar-refractivity contribution in [2.24, 2.45) is 5.41 Å². The van der Waals surface area contributed by atoms with Gasteiger partial charge in [-0.15, -0.1) is 0 Å². The Bertz CT molecular complexity index is 1170. The number of Topliss-reactive ketones (excluding diaryl/α,β-unsaturated/α-hetero) is 3. The highest BCUT2D eigenvalue weighted by Gasteiger charge is 2.37. The van der Waals surface area contributed by atoms with Gasteiger partial charge in [0, 0.05) is 38.5 Å². The third-order valence-corrected chi connectivity index (χ3v) is 18.2. The molecule has 0 saturated carbocycles. The molecule has 0 atom stereocenters. The van der Waals surface area contributed by atoms with Gasteiger partial charge in [-0.1, -0.05) is 387 Å².